The van der Waals surface area contributed by atoms with Gasteiger partial charge in [-0.2, -0.15) is 0 Å². The fraction of sp³-hybridized carbons (Fsp3) is 0.321. The predicted molar refractivity (Wildman–Crippen MR) is 145 cm³/mol. The first-order valence-corrected chi connectivity index (χ1v) is 13.9. The fourth-order valence-electron chi connectivity index (χ4n) is 4.67. The first-order chi connectivity index (χ1) is 17.1. The number of amides is 1. The normalized spacial score (nSPS) is 14.7. The van der Waals surface area contributed by atoms with Crippen LogP contribution in [-0.2, 0) is 11.2 Å². The summed E-state index contributed by atoms with van der Waals surface area (Å²) in [5, 5.41) is 2.00. The molecule has 2 aromatic carbocycles. The van der Waals surface area contributed by atoms with Gasteiger partial charge in [-0.25, -0.2) is 9.97 Å². The van der Waals surface area contributed by atoms with Gasteiger partial charge in [-0.3, -0.25) is 9.69 Å². The van der Waals surface area contributed by atoms with E-state index in [4.69, 9.17) is 0 Å². The van der Waals surface area contributed by atoms with Crippen molar-refractivity contribution in [3.05, 3.63) is 88.6 Å². The van der Waals surface area contributed by atoms with Crippen LogP contribution in [-0.4, -0.2) is 57.6 Å². The standard InChI is InChI=1S/C28H30N4OS2/c1-3-23-18-24-27(29-20(2)30-28(24)35-23)34-19-25(33)31-14-16-32(17-15-31)26(21-10-6-4-7-11-21)22-12-8-5-9-13-22/h4-13,18,26H,3,14-17,19H2,1-2H3. The van der Waals surface area contributed by atoms with Crippen molar-refractivity contribution in [3.63, 3.8) is 0 Å². The number of thiophene rings is 1. The van der Waals surface area contributed by atoms with E-state index >= 15 is 0 Å². The Morgan fingerprint density at radius 2 is 1.60 bits per heavy atom. The Morgan fingerprint density at radius 3 is 2.20 bits per heavy atom. The van der Waals surface area contributed by atoms with Gasteiger partial charge >= 0.3 is 0 Å². The molecule has 1 aliphatic heterocycles. The van der Waals surface area contributed by atoms with Crippen LogP contribution in [0.4, 0.5) is 0 Å². The summed E-state index contributed by atoms with van der Waals surface area (Å²) in [6.07, 6.45) is 0.986. The quantitative estimate of drug-likeness (QED) is 0.244. The van der Waals surface area contributed by atoms with E-state index in [0.717, 1.165) is 53.7 Å². The SMILES string of the molecule is CCc1cc2c(SCC(=O)N3CCN(C(c4ccccc4)c4ccccc4)CC3)nc(C)nc2s1. The molecule has 180 valence electrons. The predicted octanol–water partition coefficient (Wildman–Crippen LogP) is 5.59. The maximum Gasteiger partial charge on any atom is 0.233 e. The molecular formula is C28H30N4OS2. The number of piperazine rings is 1. The van der Waals surface area contributed by atoms with Crippen molar-refractivity contribution in [1.29, 1.82) is 0 Å². The summed E-state index contributed by atoms with van der Waals surface area (Å²) in [5.41, 5.74) is 2.58. The second kappa shape index (κ2) is 10.9. The van der Waals surface area contributed by atoms with Crippen molar-refractivity contribution in [1.82, 2.24) is 19.8 Å². The van der Waals surface area contributed by atoms with Crippen molar-refractivity contribution in [2.24, 2.45) is 0 Å². The van der Waals surface area contributed by atoms with Crippen molar-refractivity contribution in [3.8, 4) is 0 Å². The molecule has 5 rings (SSSR count). The second-order valence-corrected chi connectivity index (χ2v) is 10.9. The molecule has 0 N–H and O–H groups in total. The minimum absolute atomic E-state index is 0.181. The van der Waals surface area contributed by atoms with E-state index in [-0.39, 0.29) is 11.9 Å². The number of thioether (sulfide) groups is 1. The lowest BCUT2D eigenvalue weighted by Gasteiger charge is -2.39. The summed E-state index contributed by atoms with van der Waals surface area (Å²) in [6.45, 7) is 7.27. The maximum absolute atomic E-state index is 13.1. The Kier molecular flexibility index (Phi) is 7.46. The number of carbonyl (C=O) groups is 1. The van der Waals surface area contributed by atoms with Crippen LogP contribution in [0.15, 0.2) is 71.8 Å². The Morgan fingerprint density at radius 1 is 0.971 bits per heavy atom. The lowest BCUT2D eigenvalue weighted by Crippen LogP contribution is -2.50. The topological polar surface area (TPSA) is 49.3 Å². The lowest BCUT2D eigenvalue weighted by molar-refractivity contribution is -0.130. The van der Waals surface area contributed by atoms with E-state index in [1.165, 1.54) is 16.0 Å². The van der Waals surface area contributed by atoms with Crippen LogP contribution in [0.25, 0.3) is 10.2 Å². The highest BCUT2D eigenvalue weighted by Crippen LogP contribution is 2.33. The third kappa shape index (κ3) is 5.42. The van der Waals surface area contributed by atoms with Gasteiger partial charge < -0.3 is 4.90 Å². The van der Waals surface area contributed by atoms with Crippen LogP contribution < -0.4 is 0 Å². The summed E-state index contributed by atoms with van der Waals surface area (Å²) >= 11 is 3.26. The molecule has 3 heterocycles. The molecule has 35 heavy (non-hydrogen) atoms. The van der Waals surface area contributed by atoms with Gasteiger partial charge in [0.2, 0.25) is 5.91 Å². The first kappa shape index (κ1) is 24.0. The van der Waals surface area contributed by atoms with Crippen LogP contribution in [0.1, 0.15) is 34.8 Å². The Balaban J connectivity index is 1.24. The van der Waals surface area contributed by atoms with Crippen LogP contribution in [0.5, 0.6) is 0 Å². The number of nitrogens with zero attached hydrogens (tertiary/aromatic N) is 4. The fourth-order valence-corrected chi connectivity index (χ4v) is 6.69. The molecule has 4 aromatic rings. The molecular weight excluding hydrogens is 472 g/mol. The average Bonchev–Trinajstić information content (AvgIpc) is 3.32. The number of hydrogen-bond donors (Lipinski definition) is 0. The van der Waals surface area contributed by atoms with Crippen molar-refractivity contribution in [2.45, 2.75) is 31.3 Å². The summed E-state index contributed by atoms with van der Waals surface area (Å²) in [6, 6.07) is 23.7. The average molecular weight is 503 g/mol. The van der Waals surface area contributed by atoms with Gasteiger partial charge in [0.25, 0.3) is 0 Å². The number of hydrogen-bond acceptors (Lipinski definition) is 6. The highest BCUT2D eigenvalue weighted by molar-refractivity contribution is 8.00. The summed E-state index contributed by atoms with van der Waals surface area (Å²) < 4.78 is 0. The van der Waals surface area contributed by atoms with E-state index in [1.807, 2.05) is 11.8 Å². The van der Waals surface area contributed by atoms with E-state index in [2.05, 4.69) is 88.5 Å². The Labute approximate surface area is 215 Å². The summed E-state index contributed by atoms with van der Waals surface area (Å²) in [5.74, 6) is 1.35. The van der Waals surface area contributed by atoms with E-state index in [0.29, 0.717) is 5.75 Å². The maximum atomic E-state index is 13.1. The number of aromatic nitrogens is 2. The smallest absolute Gasteiger partial charge is 0.233 e. The lowest BCUT2D eigenvalue weighted by atomic mass is 9.96. The zero-order valence-corrected chi connectivity index (χ0v) is 21.8. The van der Waals surface area contributed by atoms with Gasteiger partial charge in [-0.1, -0.05) is 79.3 Å². The van der Waals surface area contributed by atoms with Crippen LogP contribution in [0.3, 0.4) is 0 Å². The van der Waals surface area contributed by atoms with E-state index < -0.39 is 0 Å². The second-order valence-electron chi connectivity index (χ2n) is 8.79. The molecule has 0 aliphatic carbocycles. The van der Waals surface area contributed by atoms with Gasteiger partial charge in [-0.05, 0) is 30.5 Å². The van der Waals surface area contributed by atoms with E-state index in [9.17, 15) is 4.79 Å². The van der Waals surface area contributed by atoms with Crippen LogP contribution in [0, 0.1) is 6.92 Å². The Hall–Kier alpha value is -2.74. The molecule has 0 atom stereocenters. The zero-order valence-electron chi connectivity index (χ0n) is 20.2. The van der Waals surface area contributed by atoms with Gasteiger partial charge in [0.1, 0.15) is 15.7 Å². The van der Waals surface area contributed by atoms with Gasteiger partial charge in [0.05, 0.1) is 11.8 Å². The van der Waals surface area contributed by atoms with Crippen molar-refractivity contribution >= 4 is 39.2 Å². The molecule has 0 saturated carbocycles. The minimum atomic E-state index is 0.181. The van der Waals surface area contributed by atoms with Crippen molar-refractivity contribution in [2.75, 3.05) is 31.9 Å². The number of fused-ring (bicyclic) bond motifs is 1. The molecule has 2 aromatic heterocycles. The molecule has 0 unspecified atom stereocenters. The van der Waals surface area contributed by atoms with Crippen molar-refractivity contribution < 1.29 is 4.79 Å². The highest BCUT2D eigenvalue weighted by Gasteiger charge is 2.28. The molecule has 0 spiro atoms. The van der Waals surface area contributed by atoms with Gasteiger partial charge in [0.15, 0.2) is 0 Å². The Bertz CT molecular complexity index is 1250. The molecule has 1 fully saturated rings. The first-order valence-electron chi connectivity index (χ1n) is 12.1. The number of aryl methyl sites for hydroxylation is 2. The minimum Gasteiger partial charge on any atom is -0.339 e. The summed E-state index contributed by atoms with van der Waals surface area (Å²) in [4.78, 5) is 29.2. The monoisotopic (exact) mass is 502 g/mol. The largest absolute Gasteiger partial charge is 0.339 e. The molecule has 1 aliphatic rings. The highest BCUT2D eigenvalue weighted by atomic mass is 32.2. The molecule has 0 bridgehead atoms. The third-order valence-corrected chi connectivity index (χ3v) is 8.61. The molecule has 1 saturated heterocycles. The summed E-state index contributed by atoms with van der Waals surface area (Å²) in [7, 11) is 0. The van der Waals surface area contributed by atoms with Gasteiger partial charge in [-0.15, -0.1) is 11.3 Å². The molecule has 1 amide bonds. The van der Waals surface area contributed by atoms with Crippen LogP contribution >= 0.6 is 23.1 Å². The molecule has 0 radical (unpaired) electrons. The van der Waals surface area contributed by atoms with E-state index in [1.54, 1.807) is 23.1 Å². The van der Waals surface area contributed by atoms with Gasteiger partial charge in [0, 0.05) is 36.4 Å². The molecule has 7 heteroatoms. The zero-order chi connectivity index (χ0) is 24.2. The van der Waals surface area contributed by atoms with Crippen LogP contribution in [0.2, 0.25) is 0 Å². The number of benzene rings is 2. The third-order valence-electron chi connectivity index (χ3n) is 6.46. The number of rotatable bonds is 7. The number of carbonyl (C=O) groups excluding carboxylic acids is 1. The molecule has 5 nitrogen and oxygen atoms in total.